The molecule has 9 rings (SSSR count). The van der Waals surface area contributed by atoms with Crippen LogP contribution in [-0.2, 0) is 75.3 Å². The first-order valence-electron chi connectivity index (χ1n) is 27.5. The molecule has 14 N–H and O–H groups in total. The lowest BCUT2D eigenvalue weighted by Gasteiger charge is -2.30. The van der Waals surface area contributed by atoms with Crippen LogP contribution in [0.25, 0.3) is 32.7 Å². The second-order valence-electron chi connectivity index (χ2n) is 20.9. The Balaban J connectivity index is 0.910. The SMILES string of the molecule is CC(NC(=O)C(Cc1ccccc1)NC(=O)C(CC(=O)O)NC(=O)C(Cc1c[nH]c2ccccc12)NC(=O)C(N)Cc1cnc[nH]1)C(=O)NC(Cc1c[nH]c2ccccc12)C(=O)N1CCCC1C(=O)NC(Cc1c[nH]c2ccccc12)C(=O)O. The Bertz CT molecular complexity index is 3690. The van der Waals surface area contributed by atoms with Crippen LogP contribution in [0.1, 0.15) is 54.1 Å². The third-order valence-corrected chi connectivity index (χ3v) is 15.0. The van der Waals surface area contributed by atoms with Crippen LogP contribution in [0.2, 0.25) is 0 Å². The summed E-state index contributed by atoms with van der Waals surface area (Å²) in [6.45, 7) is 1.48. The van der Waals surface area contributed by atoms with Crippen molar-refractivity contribution in [3.8, 4) is 0 Å². The second-order valence-corrected chi connectivity index (χ2v) is 20.9. The molecule has 1 aliphatic heterocycles. The molecule has 436 valence electrons. The van der Waals surface area contributed by atoms with E-state index in [1.807, 2.05) is 66.7 Å². The summed E-state index contributed by atoms with van der Waals surface area (Å²) < 4.78 is 0. The van der Waals surface area contributed by atoms with Crippen molar-refractivity contribution in [3.63, 3.8) is 0 Å². The molecule has 0 spiro atoms. The number of carboxylic acids is 2. The first-order valence-corrected chi connectivity index (χ1v) is 27.5. The smallest absolute Gasteiger partial charge is 0.326 e. The fourth-order valence-electron chi connectivity index (χ4n) is 10.6. The van der Waals surface area contributed by atoms with Crippen LogP contribution in [0, 0.1) is 0 Å². The van der Waals surface area contributed by atoms with Crippen molar-refractivity contribution in [1.82, 2.24) is 61.7 Å². The Morgan fingerprint density at radius 3 is 1.61 bits per heavy atom. The number of para-hydroxylation sites is 3. The number of likely N-dealkylation sites (tertiary alicyclic amines) is 1. The lowest BCUT2D eigenvalue weighted by molar-refractivity contribution is -0.145. The van der Waals surface area contributed by atoms with Gasteiger partial charge in [0.2, 0.25) is 41.4 Å². The predicted molar refractivity (Wildman–Crippen MR) is 308 cm³/mol. The van der Waals surface area contributed by atoms with Crippen molar-refractivity contribution >= 4 is 86.0 Å². The Morgan fingerprint density at radius 1 is 0.560 bits per heavy atom. The zero-order valence-corrected chi connectivity index (χ0v) is 45.7. The van der Waals surface area contributed by atoms with E-state index >= 15 is 0 Å². The molecular formula is C60H65N13O11. The maximum atomic E-state index is 14.9. The third kappa shape index (κ3) is 14.3. The molecule has 8 atom stereocenters. The van der Waals surface area contributed by atoms with Crippen LogP contribution >= 0.6 is 0 Å². The summed E-state index contributed by atoms with van der Waals surface area (Å²) in [5.74, 6) is -8.49. The summed E-state index contributed by atoms with van der Waals surface area (Å²) in [6, 6.07) is 19.5. The summed E-state index contributed by atoms with van der Waals surface area (Å²) in [5, 5.41) is 38.5. The summed E-state index contributed by atoms with van der Waals surface area (Å²) in [7, 11) is 0. The number of aromatic nitrogens is 5. The molecule has 8 aromatic rings. The van der Waals surface area contributed by atoms with Crippen molar-refractivity contribution in [2.75, 3.05) is 6.54 Å². The van der Waals surface area contributed by atoms with Crippen molar-refractivity contribution in [1.29, 1.82) is 0 Å². The number of nitrogens with two attached hydrogens (primary N) is 1. The topological polar surface area (TPSA) is 372 Å². The van der Waals surface area contributed by atoms with Gasteiger partial charge in [-0.05, 0) is 60.2 Å². The van der Waals surface area contributed by atoms with Crippen molar-refractivity contribution in [2.45, 2.75) is 107 Å². The molecule has 0 saturated carbocycles. The number of carbonyl (C=O) groups is 9. The van der Waals surface area contributed by atoms with E-state index in [1.54, 1.807) is 55.0 Å². The third-order valence-electron chi connectivity index (χ3n) is 15.0. The molecule has 0 bridgehead atoms. The van der Waals surface area contributed by atoms with Crippen molar-refractivity contribution in [2.24, 2.45) is 5.73 Å². The van der Waals surface area contributed by atoms with Crippen LogP contribution in [0.15, 0.2) is 134 Å². The van der Waals surface area contributed by atoms with Crippen LogP contribution in [-0.4, -0.2) is 148 Å². The highest BCUT2D eigenvalue weighted by molar-refractivity contribution is 5.99. The summed E-state index contributed by atoms with van der Waals surface area (Å²) in [6.07, 6.45) is 7.31. The number of nitrogens with one attached hydrogen (secondary N) is 10. The molecule has 1 saturated heterocycles. The molecule has 1 aliphatic rings. The van der Waals surface area contributed by atoms with Crippen LogP contribution in [0.3, 0.4) is 0 Å². The van der Waals surface area contributed by atoms with Gasteiger partial charge in [0.15, 0.2) is 0 Å². The first kappa shape index (κ1) is 58.6. The fourth-order valence-corrected chi connectivity index (χ4v) is 10.6. The first-order chi connectivity index (χ1) is 40.5. The number of hydrogen-bond donors (Lipinski definition) is 13. The monoisotopic (exact) mass is 1140 g/mol. The van der Waals surface area contributed by atoms with Crippen molar-refractivity contribution in [3.05, 3.63) is 162 Å². The zero-order valence-electron chi connectivity index (χ0n) is 45.7. The summed E-state index contributed by atoms with van der Waals surface area (Å²) in [4.78, 5) is 143. The quantitative estimate of drug-likeness (QED) is 0.0370. The number of benzene rings is 4. The van der Waals surface area contributed by atoms with E-state index in [0.717, 1.165) is 32.7 Å². The predicted octanol–water partition coefficient (Wildman–Crippen LogP) is 2.17. The van der Waals surface area contributed by atoms with Gasteiger partial charge < -0.3 is 72.7 Å². The second kappa shape index (κ2) is 26.7. The zero-order chi connectivity index (χ0) is 59.4. The van der Waals surface area contributed by atoms with Gasteiger partial charge in [-0.15, -0.1) is 0 Å². The van der Waals surface area contributed by atoms with E-state index in [0.29, 0.717) is 34.4 Å². The van der Waals surface area contributed by atoms with Gasteiger partial charge in [0.1, 0.15) is 42.3 Å². The molecule has 8 unspecified atom stereocenters. The van der Waals surface area contributed by atoms with E-state index in [4.69, 9.17) is 5.73 Å². The minimum absolute atomic E-state index is 0.0386. The Kier molecular flexibility index (Phi) is 18.6. The van der Waals surface area contributed by atoms with Crippen molar-refractivity contribution < 1.29 is 53.4 Å². The van der Waals surface area contributed by atoms with E-state index in [1.165, 1.54) is 24.3 Å². The minimum atomic E-state index is -1.80. The van der Waals surface area contributed by atoms with Crippen LogP contribution < -0.4 is 37.6 Å². The summed E-state index contributed by atoms with van der Waals surface area (Å²) >= 11 is 0. The maximum Gasteiger partial charge on any atom is 0.326 e. The number of carbonyl (C=O) groups excluding carboxylic acids is 7. The average molecular weight is 1140 g/mol. The fraction of sp³-hybridized carbons (Fsp3) is 0.300. The number of carboxylic acid groups (broad SMARTS) is 2. The maximum absolute atomic E-state index is 14.9. The minimum Gasteiger partial charge on any atom is -0.481 e. The highest BCUT2D eigenvalue weighted by Crippen LogP contribution is 2.25. The van der Waals surface area contributed by atoms with E-state index in [9.17, 15) is 53.4 Å². The van der Waals surface area contributed by atoms with Gasteiger partial charge in [-0.2, -0.15) is 0 Å². The Hall–Kier alpha value is -10.1. The number of nitrogens with zero attached hydrogens (tertiary/aromatic N) is 2. The highest BCUT2D eigenvalue weighted by Gasteiger charge is 2.40. The number of hydrogen-bond acceptors (Lipinski definition) is 11. The highest BCUT2D eigenvalue weighted by atomic mass is 16.4. The molecule has 4 aromatic carbocycles. The standard InChI is InChI=1S/C60H65N13O11/c1-33(53(76)71-49(24-36-29-64-44-18-9-6-15-40(36)44)59(82)73-21-11-20-51(73)58(81)72-50(60(83)84)25-37-30-65-45-19-10-7-16-41(37)45)67-55(78)46(22-34-12-3-2-4-13-34)69-57(80)48(27-52(74)75)70-56(79)47(23-35-28-63-43-17-8-5-14-39(35)43)68-54(77)42(61)26-38-31-62-32-66-38/h2-10,12-19,28-33,42,46-51,63-65H,11,20-27,61H2,1H3,(H,62,66)(H,67,78)(H,68,77)(H,69,80)(H,70,79)(H,71,76)(H,72,81)(H,74,75)(H,83,84). The number of imidazole rings is 1. The van der Waals surface area contributed by atoms with E-state index < -0.39 is 108 Å². The lowest BCUT2D eigenvalue weighted by atomic mass is 10.0. The summed E-state index contributed by atoms with van der Waals surface area (Å²) in [5.41, 5.74) is 11.6. The molecular weight excluding hydrogens is 1080 g/mol. The van der Waals surface area contributed by atoms with Gasteiger partial charge in [-0.1, -0.05) is 84.9 Å². The Morgan fingerprint density at radius 2 is 1.05 bits per heavy atom. The molecule has 24 heteroatoms. The number of aromatic amines is 4. The Labute approximate surface area is 480 Å². The van der Waals surface area contributed by atoms with Gasteiger partial charge in [0.25, 0.3) is 0 Å². The number of H-pyrrole nitrogens is 4. The largest absolute Gasteiger partial charge is 0.481 e. The van der Waals surface area contributed by atoms with Crippen LogP contribution in [0.5, 0.6) is 0 Å². The molecule has 24 nitrogen and oxygen atoms in total. The van der Waals surface area contributed by atoms with Gasteiger partial charge in [-0.3, -0.25) is 38.4 Å². The van der Waals surface area contributed by atoms with Gasteiger partial charge in [0.05, 0.1) is 18.8 Å². The van der Waals surface area contributed by atoms with E-state index in [-0.39, 0.29) is 45.1 Å². The molecule has 7 amide bonds. The van der Waals surface area contributed by atoms with E-state index in [2.05, 4.69) is 56.8 Å². The number of rotatable bonds is 26. The van der Waals surface area contributed by atoms with Crippen LogP contribution in [0.4, 0.5) is 0 Å². The molecule has 4 aromatic heterocycles. The van der Waals surface area contributed by atoms with Gasteiger partial charge in [0, 0.05) is 102 Å². The lowest BCUT2D eigenvalue weighted by Crippen LogP contribution is -2.60. The number of amides is 7. The number of aliphatic carboxylic acids is 2. The number of fused-ring (bicyclic) bond motifs is 3. The molecule has 1 fully saturated rings. The molecule has 84 heavy (non-hydrogen) atoms. The normalized spacial score (nSPS) is 15.7. The molecule has 0 radical (unpaired) electrons. The van der Waals surface area contributed by atoms with Gasteiger partial charge in [-0.25, -0.2) is 9.78 Å². The average Bonchev–Trinajstić information content (AvgIpc) is 4.23. The molecule has 5 heterocycles. The molecule has 0 aliphatic carbocycles. The van der Waals surface area contributed by atoms with Gasteiger partial charge >= 0.3 is 11.9 Å².